The zero-order valence-electron chi connectivity index (χ0n) is 4.58. The van der Waals surface area contributed by atoms with E-state index in [1.807, 2.05) is 0 Å². The third kappa shape index (κ3) is 1610. The van der Waals surface area contributed by atoms with Crippen molar-refractivity contribution in [3.63, 3.8) is 0 Å². The molecule has 0 aromatic heterocycles. The van der Waals surface area contributed by atoms with Gasteiger partial charge in [0.2, 0.25) is 0 Å². The summed E-state index contributed by atoms with van der Waals surface area (Å²) in [6, 6.07) is 0. The molecule has 0 aromatic carbocycles. The van der Waals surface area contributed by atoms with Crippen LogP contribution in [-0.4, -0.2) is 0 Å². The van der Waals surface area contributed by atoms with E-state index in [2.05, 4.69) is 0 Å². The third-order valence-electron chi connectivity index (χ3n) is 0. The minimum Gasteiger partial charge on any atom is -0.344 e. The van der Waals surface area contributed by atoms with Crippen molar-refractivity contribution >= 4 is 0 Å². The Morgan fingerprint density at radius 1 is 0.286 bits per heavy atom. The van der Waals surface area contributed by atoms with Crippen molar-refractivity contribution in [2.75, 3.05) is 0 Å². The van der Waals surface area contributed by atoms with Crippen LogP contribution in [0.5, 0.6) is 0 Å². The van der Waals surface area contributed by atoms with Crippen molar-refractivity contribution in [1.82, 2.24) is 36.9 Å². The summed E-state index contributed by atoms with van der Waals surface area (Å²) in [6.07, 6.45) is 0. The summed E-state index contributed by atoms with van der Waals surface area (Å²) >= 11 is 0. The van der Waals surface area contributed by atoms with E-state index in [9.17, 15) is 0 Å². The van der Waals surface area contributed by atoms with Crippen LogP contribution in [0, 0.1) is 0 Å². The molecular formula is H18CoN6. The van der Waals surface area contributed by atoms with Crippen molar-refractivity contribution in [3.8, 4) is 0 Å². The third-order valence-corrected chi connectivity index (χ3v) is 0. The fourth-order valence-corrected chi connectivity index (χ4v) is 0. The molecule has 0 unspecified atom stereocenters. The van der Waals surface area contributed by atoms with Gasteiger partial charge in [-0.3, -0.25) is 0 Å². The summed E-state index contributed by atoms with van der Waals surface area (Å²) in [7, 11) is 0. The van der Waals surface area contributed by atoms with Gasteiger partial charge < -0.3 is 36.9 Å². The first-order valence-electron chi connectivity index (χ1n) is 0. The molecule has 7 heteroatoms. The van der Waals surface area contributed by atoms with Crippen LogP contribution in [0.4, 0.5) is 0 Å². The standard InChI is InChI=1S/Co.6H3N/h;6*1H3. The van der Waals surface area contributed by atoms with E-state index in [-0.39, 0.29) is 53.7 Å². The van der Waals surface area contributed by atoms with Crippen LogP contribution in [-0.2, 0) is 16.8 Å². The maximum Gasteiger partial charge on any atom is 0 e. The Morgan fingerprint density at radius 3 is 0.286 bits per heavy atom. The maximum atomic E-state index is 0. The van der Waals surface area contributed by atoms with Crippen molar-refractivity contribution in [1.29, 1.82) is 0 Å². The molecule has 0 fully saturated rings. The fraction of sp³-hybridized carbons (Fsp3) is 0. The van der Waals surface area contributed by atoms with Crippen molar-refractivity contribution in [3.05, 3.63) is 0 Å². The van der Waals surface area contributed by atoms with Gasteiger partial charge in [-0.15, -0.1) is 0 Å². The molecular weight excluding hydrogens is 143 g/mol. The SMILES string of the molecule is N.N.N.N.N.N.[Co]. The zero-order valence-corrected chi connectivity index (χ0v) is 5.62. The van der Waals surface area contributed by atoms with Gasteiger partial charge in [0.15, 0.2) is 0 Å². The Labute approximate surface area is 54.5 Å². The number of hydrogen-bond donors (Lipinski definition) is 6. The predicted octanol–water partition coefficient (Wildman–Crippen LogP) is 0.969. The van der Waals surface area contributed by atoms with Gasteiger partial charge in [-0.2, -0.15) is 0 Å². The Kier molecular flexibility index (Phi) is 1400000. The second-order valence-electron chi connectivity index (χ2n) is 0. The quantitative estimate of drug-likeness (QED) is 0.304. The molecule has 0 spiro atoms. The molecule has 0 heterocycles. The first-order valence-corrected chi connectivity index (χ1v) is 0. The minimum atomic E-state index is 0. The van der Waals surface area contributed by atoms with Crippen LogP contribution in [0.2, 0.25) is 0 Å². The molecule has 18 N–H and O–H groups in total. The molecule has 0 atom stereocenters. The predicted molar refractivity (Wildman–Crippen MR) is 30.1 cm³/mol. The average Bonchev–Trinajstić information content (AvgIpc) is 0. The minimum absolute atomic E-state index is 0. The van der Waals surface area contributed by atoms with E-state index in [1.165, 1.54) is 0 Å². The summed E-state index contributed by atoms with van der Waals surface area (Å²) in [5, 5.41) is 0. The fourth-order valence-electron chi connectivity index (χ4n) is 0. The number of rotatable bonds is 0. The van der Waals surface area contributed by atoms with E-state index in [4.69, 9.17) is 0 Å². The Balaban J connectivity index is 0. The van der Waals surface area contributed by atoms with Crippen LogP contribution in [0.15, 0.2) is 0 Å². The maximum absolute atomic E-state index is 0. The molecule has 0 saturated carbocycles. The van der Waals surface area contributed by atoms with E-state index in [0.717, 1.165) is 0 Å². The summed E-state index contributed by atoms with van der Waals surface area (Å²) in [6.45, 7) is 0. The van der Waals surface area contributed by atoms with Crippen molar-refractivity contribution in [2.24, 2.45) is 0 Å². The summed E-state index contributed by atoms with van der Waals surface area (Å²) in [5.41, 5.74) is 0. The molecule has 57 valence electrons. The van der Waals surface area contributed by atoms with Crippen LogP contribution in [0.3, 0.4) is 0 Å². The van der Waals surface area contributed by atoms with E-state index >= 15 is 0 Å². The average molecular weight is 161 g/mol. The molecule has 0 bridgehead atoms. The van der Waals surface area contributed by atoms with Gasteiger partial charge in [0.05, 0.1) is 0 Å². The van der Waals surface area contributed by atoms with Crippen LogP contribution in [0.25, 0.3) is 0 Å². The normalized spacial score (nSPS) is 0. The van der Waals surface area contributed by atoms with Gasteiger partial charge in [-0.1, -0.05) is 0 Å². The summed E-state index contributed by atoms with van der Waals surface area (Å²) < 4.78 is 0. The Bertz CT molecular complexity index is 4.14. The summed E-state index contributed by atoms with van der Waals surface area (Å²) in [4.78, 5) is 0. The summed E-state index contributed by atoms with van der Waals surface area (Å²) in [5.74, 6) is 0. The molecule has 7 heavy (non-hydrogen) atoms. The number of hydrogen-bond acceptors (Lipinski definition) is 6. The van der Waals surface area contributed by atoms with Crippen LogP contribution >= 0.6 is 0 Å². The molecule has 0 aliphatic heterocycles. The van der Waals surface area contributed by atoms with Crippen molar-refractivity contribution < 1.29 is 16.8 Å². The van der Waals surface area contributed by atoms with Crippen LogP contribution in [0.1, 0.15) is 0 Å². The van der Waals surface area contributed by atoms with E-state index in [0.29, 0.717) is 0 Å². The van der Waals surface area contributed by atoms with Gasteiger partial charge in [0, 0.05) is 16.8 Å². The zero-order chi connectivity index (χ0) is 0. The molecule has 1 radical (unpaired) electrons. The second kappa shape index (κ2) is 2450. The Hall–Kier alpha value is 0.266. The monoisotopic (exact) mass is 161 g/mol. The topological polar surface area (TPSA) is 210 Å². The van der Waals surface area contributed by atoms with Gasteiger partial charge in [-0.25, -0.2) is 0 Å². The smallest absolute Gasteiger partial charge is 0 e. The molecule has 0 rings (SSSR count). The van der Waals surface area contributed by atoms with E-state index < -0.39 is 0 Å². The van der Waals surface area contributed by atoms with Crippen LogP contribution < -0.4 is 36.9 Å². The molecule has 0 amide bonds. The van der Waals surface area contributed by atoms with Gasteiger partial charge in [-0.05, 0) is 0 Å². The molecule has 0 aliphatic rings. The van der Waals surface area contributed by atoms with Gasteiger partial charge in [0.25, 0.3) is 0 Å². The molecule has 0 aromatic rings. The first-order chi connectivity index (χ1) is 0. The largest absolute Gasteiger partial charge is 0.344 e. The van der Waals surface area contributed by atoms with Crippen molar-refractivity contribution in [2.45, 2.75) is 0 Å². The van der Waals surface area contributed by atoms with E-state index in [1.54, 1.807) is 0 Å². The molecule has 0 saturated heterocycles. The molecule has 6 nitrogen and oxygen atoms in total. The first kappa shape index (κ1) is 4020. The van der Waals surface area contributed by atoms with Gasteiger partial charge in [0.1, 0.15) is 0 Å². The second-order valence-corrected chi connectivity index (χ2v) is 0. The van der Waals surface area contributed by atoms with Gasteiger partial charge >= 0.3 is 0 Å². The Morgan fingerprint density at radius 2 is 0.286 bits per heavy atom. The molecule has 0 aliphatic carbocycles.